The van der Waals surface area contributed by atoms with E-state index in [2.05, 4.69) is 12.2 Å². The van der Waals surface area contributed by atoms with Gasteiger partial charge in [0.05, 0.1) is 0 Å². The third kappa shape index (κ3) is 7.99. The van der Waals surface area contributed by atoms with Gasteiger partial charge in [-0.2, -0.15) is 0 Å². The molecule has 0 unspecified atom stereocenters. The molecule has 0 fully saturated rings. The average Bonchev–Trinajstić information content (AvgIpc) is 2.08. The normalized spacial score (nSPS) is 15.8. The van der Waals surface area contributed by atoms with Crippen molar-refractivity contribution in [2.75, 3.05) is 0 Å². The molecule has 0 radical (unpaired) electrons. The van der Waals surface area contributed by atoms with E-state index in [4.69, 9.17) is 6.58 Å². The van der Waals surface area contributed by atoms with Crippen LogP contribution in [0.1, 0.15) is 27.2 Å². The molecule has 0 aromatic heterocycles. The van der Waals surface area contributed by atoms with Crippen molar-refractivity contribution < 1.29 is 21.1 Å². The van der Waals surface area contributed by atoms with E-state index in [-0.39, 0.29) is 21.1 Å². The van der Waals surface area contributed by atoms with Gasteiger partial charge in [-0.05, 0) is 6.42 Å². The van der Waals surface area contributed by atoms with Crippen LogP contribution in [0.2, 0.25) is 0 Å². The fourth-order valence-corrected chi connectivity index (χ4v) is 0.929. The number of rotatable bonds is 1. The Morgan fingerprint density at radius 2 is 2.00 bits per heavy atom. The maximum absolute atomic E-state index is 5.51. The Balaban J connectivity index is 0. The largest absolute Gasteiger partial charge is 0.290 e. The van der Waals surface area contributed by atoms with Crippen molar-refractivity contribution in [1.29, 1.82) is 0 Å². The Morgan fingerprint density at radius 1 is 1.38 bits per heavy atom. The molecule has 0 aliphatic heterocycles. The second-order valence-corrected chi connectivity index (χ2v) is 2.45. The summed E-state index contributed by atoms with van der Waals surface area (Å²) in [6.07, 6.45) is 11.3. The van der Waals surface area contributed by atoms with Crippen molar-refractivity contribution in [3.8, 4) is 0 Å². The van der Waals surface area contributed by atoms with Crippen molar-refractivity contribution in [3.63, 3.8) is 0 Å². The molecule has 0 aromatic carbocycles. The molecule has 13 heavy (non-hydrogen) atoms. The monoisotopic (exact) mass is 345 g/mol. The van der Waals surface area contributed by atoms with Gasteiger partial charge >= 0.3 is 0 Å². The summed E-state index contributed by atoms with van der Waals surface area (Å²) in [4.78, 5) is 0. The minimum absolute atomic E-state index is 0. The predicted molar refractivity (Wildman–Crippen MR) is 55.8 cm³/mol. The van der Waals surface area contributed by atoms with Crippen LogP contribution >= 0.6 is 0 Å². The van der Waals surface area contributed by atoms with E-state index in [1.54, 1.807) is 0 Å². The van der Waals surface area contributed by atoms with E-state index in [1.165, 1.54) is 5.57 Å². The third-order valence-electron chi connectivity index (χ3n) is 1.32. The first kappa shape index (κ1) is 15.1. The molecule has 0 saturated heterocycles. The van der Waals surface area contributed by atoms with E-state index in [0.29, 0.717) is 0 Å². The first-order valence-electron chi connectivity index (χ1n) is 4.42. The Kier molecular flexibility index (Phi) is 11.3. The molecule has 1 heteroatoms. The third-order valence-corrected chi connectivity index (χ3v) is 1.32. The Hall–Kier alpha value is -0.352. The van der Waals surface area contributed by atoms with Gasteiger partial charge in [-0.3, -0.25) is 6.58 Å². The predicted octanol–water partition coefficient (Wildman–Crippen LogP) is 3.83. The van der Waals surface area contributed by atoms with Crippen LogP contribution in [0.3, 0.4) is 0 Å². The van der Waals surface area contributed by atoms with Crippen molar-refractivity contribution in [1.82, 2.24) is 0 Å². The Bertz CT molecular complexity index is 219. The summed E-state index contributed by atoms with van der Waals surface area (Å²) in [5.41, 5.74) is 2.15. The summed E-state index contributed by atoms with van der Waals surface area (Å²) in [7, 11) is 0. The smallest absolute Gasteiger partial charge is 0 e. The van der Waals surface area contributed by atoms with E-state index in [0.717, 1.165) is 12.0 Å². The van der Waals surface area contributed by atoms with Crippen LogP contribution in [0, 0.1) is 6.58 Å². The molecule has 0 aromatic rings. The Labute approximate surface area is 96.4 Å². The summed E-state index contributed by atoms with van der Waals surface area (Å²) in [5.74, 6) is 0. The maximum atomic E-state index is 5.51. The van der Waals surface area contributed by atoms with Gasteiger partial charge in [0.1, 0.15) is 0 Å². The summed E-state index contributed by atoms with van der Waals surface area (Å²) in [5, 5.41) is 0. The van der Waals surface area contributed by atoms with Crippen LogP contribution in [-0.4, -0.2) is 0 Å². The molecule has 1 aliphatic carbocycles. The molecule has 0 saturated carbocycles. The van der Waals surface area contributed by atoms with Gasteiger partial charge in [0, 0.05) is 21.1 Å². The molecule has 1 aliphatic rings. The van der Waals surface area contributed by atoms with E-state index >= 15 is 0 Å². The van der Waals surface area contributed by atoms with Crippen LogP contribution in [0.25, 0.3) is 0 Å². The van der Waals surface area contributed by atoms with Crippen molar-refractivity contribution in [2.45, 2.75) is 27.2 Å². The van der Waals surface area contributed by atoms with Crippen molar-refractivity contribution >= 4 is 0 Å². The molecular weight excluding hydrogens is 328 g/mol. The van der Waals surface area contributed by atoms with Gasteiger partial charge in [0.2, 0.25) is 0 Å². The molecule has 0 heterocycles. The zero-order valence-electron chi connectivity index (χ0n) is 8.58. The molecule has 0 N–H and O–H groups in total. The molecule has 0 nitrogen and oxygen atoms in total. The fraction of sp³-hybridized carbons (Fsp3) is 0.333. The van der Waals surface area contributed by atoms with Gasteiger partial charge in [-0.25, -0.2) is 11.6 Å². The van der Waals surface area contributed by atoms with Crippen LogP contribution in [0.4, 0.5) is 0 Å². The van der Waals surface area contributed by atoms with Gasteiger partial charge < -0.3 is 0 Å². The van der Waals surface area contributed by atoms with Gasteiger partial charge in [-0.15, -0.1) is 5.57 Å². The van der Waals surface area contributed by atoms with Crippen molar-refractivity contribution in [2.24, 2.45) is 0 Å². The molecule has 0 atom stereocenters. The van der Waals surface area contributed by atoms with Crippen LogP contribution in [-0.2, 0) is 21.1 Å². The zero-order chi connectivity index (χ0) is 9.40. The zero-order valence-corrected chi connectivity index (χ0v) is 11.5. The number of hydrogen-bond acceptors (Lipinski definition) is 0. The first-order chi connectivity index (χ1) is 5.79. The number of hydrogen-bond donors (Lipinski definition) is 0. The van der Waals surface area contributed by atoms with Gasteiger partial charge in [0.25, 0.3) is 0 Å². The molecule has 1 rings (SSSR count). The molecular formula is C12H17W-. The minimum Gasteiger partial charge on any atom is -0.290 e. The van der Waals surface area contributed by atoms with Crippen LogP contribution in [0.15, 0.2) is 41.5 Å². The van der Waals surface area contributed by atoms with Gasteiger partial charge in [-0.1, -0.05) is 45.1 Å². The second kappa shape index (κ2) is 9.73. The summed E-state index contributed by atoms with van der Waals surface area (Å²) < 4.78 is 0. The summed E-state index contributed by atoms with van der Waals surface area (Å²) in [6, 6.07) is 0. The topological polar surface area (TPSA) is 0 Å². The summed E-state index contributed by atoms with van der Waals surface area (Å²) >= 11 is 0. The summed E-state index contributed by atoms with van der Waals surface area (Å²) in [6.45, 7) is 11.4. The van der Waals surface area contributed by atoms with Crippen molar-refractivity contribution in [3.05, 3.63) is 48.1 Å². The average molecular weight is 345 g/mol. The van der Waals surface area contributed by atoms with E-state index in [9.17, 15) is 0 Å². The SMILES string of the molecule is CC.[CH-]=C(C)/C=C1/C=CC=CC1.[W]. The minimum atomic E-state index is 0. The molecule has 0 spiro atoms. The van der Waals surface area contributed by atoms with Crippen LogP contribution < -0.4 is 0 Å². The number of allylic oxidation sites excluding steroid dienone is 7. The van der Waals surface area contributed by atoms with E-state index in [1.807, 2.05) is 39.0 Å². The standard InChI is InChI=1S/C10H11.C2H6.W/c1-9(2)8-10-6-4-3-5-7-10;1-2;/h1,3-6,8H,7H2,2H3;1-2H3;/q-1;;/b10-8-;;. The second-order valence-electron chi connectivity index (χ2n) is 2.45. The quantitative estimate of drug-likeness (QED) is 0.634. The van der Waals surface area contributed by atoms with Crippen LogP contribution in [0.5, 0.6) is 0 Å². The molecule has 72 valence electrons. The molecule has 0 amide bonds. The fourth-order valence-electron chi connectivity index (χ4n) is 0.929. The van der Waals surface area contributed by atoms with E-state index < -0.39 is 0 Å². The maximum Gasteiger partial charge on any atom is 0 e. The Morgan fingerprint density at radius 3 is 2.38 bits per heavy atom. The van der Waals surface area contributed by atoms with Gasteiger partial charge in [0.15, 0.2) is 0 Å². The first-order valence-corrected chi connectivity index (χ1v) is 4.42. The molecule has 0 bridgehead atoms.